The van der Waals surface area contributed by atoms with E-state index < -0.39 is 0 Å². The van der Waals surface area contributed by atoms with E-state index in [-0.39, 0.29) is 5.91 Å². The number of carbonyl (C=O) groups is 1. The Kier molecular flexibility index (Phi) is 6.07. The Hall–Kier alpha value is -2.60. The molecular weight excluding hydrogens is 344 g/mol. The van der Waals surface area contributed by atoms with Gasteiger partial charge in [-0.1, -0.05) is 71.9 Å². The Morgan fingerprint density at radius 2 is 1.81 bits per heavy atom. The van der Waals surface area contributed by atoms with E-state index in [0.29, 0.717) is 18.8 Å². The molecule has 6 heteroatoms. The van der Waals surface area contributed by atoms with Crippen molar-refractivity contribution in [3.8, 4) is 0 Å². The maximum absolute atomic E-state index is 12.2. The molecular formula is C20H22N4OS. The van der Waals surface area contributed by atoms with Crippen molar-refractivity contribution in [3.63, 3.8) is 0 Å². The maximum atomic E-state index is 12.2. The van der Waals surface area contributed by atoms with Crippen LogP contribution in [0.2, 0.25) is 0 Å². The molecule has 0 saturated heterocycles. The normalized spacial score (nSPS) is 10.7. The van der Waals surface area contributed by atoms with E-state index in [4.69, 9.17) is 0 Å². The summed E-state index contributed by atoms with van der Waals surface area (Å²) in [5.74, 6) is 1.15. The third-order valence-corrected chi connectivity index (χ3v) is 4.96. The lowest BCUT2D eigenvalue weighted by molar-refractivity contribution is -0.118. The fraction of sp³-hybridized carbons (Fsp3) is 0.250. The molecule has 26 heavy (non-hydrogen) atoms. The molecule has 134 valence electrons. The predicted molar refractivity (Wildman–Crippen MR) is 104 cm³/mol. The average molecular weight is 366 g/mol. The van der Waals surface area contributed by atoms with E-state index in [9.17, 15) is 4.79 Å². The van der Waals surface area contributed by atoms with E-state index in [0.717, 1.165) is 16.5 Å². The molecule has 0 unspecified atom stereocenters. The molecule has 1 amide bonds. The molecule has 3 rings (SSSR count). The highest BCUT2D eigenvalue weighted by Crippen LogP contribution is 2.18. The molecule has 1 N–H and O–H groups in total. The Morgan fingerprint density at radius 3 is 2.58 bits per heavy atom. The number of nitrogens with zero attached hydrogens (tertiary/aromatic N) is 3. The van der Waals surface area contributed by atoms with Crippen LogP contribution in [0.25, 0.3) is 0 Å². The molecule has 1 aromatic heterocycles. The first-order valence-corrected chi connectivity index (χ1v) is 9.49. The smallest absolute Gasteiger partial charge is 0.230 e. The number of thioether (sulfide) groups is 1. The van der Waals surface area contributed by atoms with Crippen molar-refractivity contribution in [3.05, 3.63) is 77.1 Å². The largest absolute Gasteiger partial charge is 0.351 e. The van der Waals surface area contributed by atoms with Gasteiger partial charge in [0.15, 0.2) is 5.16 Å². The monoisotopic (exact) mass is 366 g/mol. The van der Waals surface area contributed by atoms with Gasteiger partial charge in [0.25, 0.3) is 0 Å². The van der Waals surface area contributed by atoms with Gasteiger partial charge < -0.3 is 9.88 Å². The zero-order valence-electron chi connectivity index (χ0n) is 15.0. The van der Waals surface area contributed by atoms with Crippen LogP contribution in [0, 0.1) is 13.8 Å². The van der Waals surface area contributed by atoms with Crippen LogP contribution >= 0.6 is 11.8 Å². The van der Waals surface area contributed by atoms with Crippen LogP contribution in [0.1, 0.15) is 22.5 Å². The van der Waals surface area contributed by atoms with Crippen LogP contribution in [0.3, 0.4) is 0 Å². The number of nitrogens with one attached hydrogen (secondary N) is 1. The highest BCUT2D eigenvalue weighted by atomic mass is 32.2. The molecule has 0 radical (unpaired) electrons. The van der Waals surface area contributed by atoms with Gasteiger partial charge in [-0.2, -0.15) is 0 Å². The zero-order valence-corrected chi connectivity index (χ0v) is 15.8. The van der Waals surface area contributed by atoms with Crippen molar-refractivity contribution in [2.24, 2.45) is 0 Å². The summed E-state index contributed by atoms with van der Waals surface area (Å²) in [6.07, 6.45) is 0. The number of aryl methyl sites for hydroxylation is 2. The lowest BCUT2D eigenvalue weighted by Gasteiger charge is -2.09. The van der Waals surface area contributed by atoms with E-state index in [1.807, 2.05) is 54.8 Å². The van der Waals surface area contributed by atoms with E-state index in [1.54, 1.807) is 0 Å². The minimum Gasteiger partial charge on any atom is -0.351 e. The first-order valence-electron chi connectivity index (χ1n) is 8.50. The second kappa shape index (κ2) is 8.67. The molecule has 0 saturated carbocycles. The topological polar surface area (TPSA) is 59.8 Å². The van der Waals surface area contributed by atoms with Crippen LogP contribution in [-0.4, -0.2) is 26.4 Å². The fourth-order valence-corrected chi connectivity index (χ4v) is 3.43. The number of amides is 1. The first kappa shape index (κ1) is 18.2. The van der Waals surface area contributed by atoms with Gasteiger partial charge in [0, 0.05) is 6.54 Å². The number of rotatable bonds is 7. The van der Waals surface area contributed by atoms with Crippen molar-refractivity contribution in [1.82, 2.24) is 20.1 Å². The molecule has 0 fully saturated rings. The molecule has 2 aromatic carbocycles. The molecule has 0 spiro atoms. The Bertz CT molecular complexity index is 877. The number of benzene rings is 2. The van der Waals surface area contributed by atoms with Crippen molar-refractivity contribution in [2.75, 3.05) is 5.75 Å². The Morgan fingerprint density at radius 1 is 1.04 bits per heavy atom. The third kappa shape index (κ3) is 4.95. The van der Waals surface area contributed by atoms with E-state index >= 15 is 0 Å². The molecule has 0 atom stereocenters. The summed E-state index contributed by atoms with van der Waals surface area (Å²) in [5, 5.41) is 12.1. The quantitative estimate of drug-likeness (QED) is 0.652. The summed E-state index contributed by atoms with van der Waals surface area (Å²) in [6, 6.07) is 18.3. The highest BCUT2D eigenvalue weighted by Gasteiger charge is 2.12. The van der Waals surface area contributed by atoms with Gasteiger partial charge >= 0.3 is 0 Å². The van der Waals surface area contributed by atoms with Gasteiger partial charge in [0.1, 0.15) is 5.82 Å². The molecule has 3 aromatic rings. The van der Waals surface area contributed by atoms with Gasteiger partial charge in [-0.05, 0) is 25.0 Å². The molecule has 0 aliphatic rings. The number of hydrogen-bond donors (Lipinski definition) is 1. The SMILES string of the molecule is Cc1cccc(CNC(=O)CSc2nnc(C)n2Cc2ccccc2)c1. The average Bonchev–Trinajstić information content (AvgIpc) is 2.99. The standard InChI is InChI=1S/C20H22N4OS/c1-15-7-6-10-18(11-15)12-21-19(25)14-26-20-23-22-16(2)24(20)13-17-8-4-3-5-9-17/h3-11H,12-14H2,1-2H3,(H,21,25). The van der Waals surface area contributed by atoms with Crippen LogP contribution < -0.4 is 5.32 Å². The number of carbonyl (C=O) groups excluding carboxylic acids is 1. The lowest BCUT2D eigenvalue weighted by atomic mass is 10.1. The van der Waals surface area contributed by atoms with Crippen molar-refractivity contribution < 1.29 is 4.79 Å². The number of hydrogen-bond acceptors (Lipinski definition) is 4. The van der Waals surface area contributed by atoms with Crippen LogP contribution in [0.4, 0.5) is 0 Å². The predicted octanol–water partition coefficient (Wildman–Crippen LogP) is 3.35. The summed E-state index contributed by atoms with van der Waals surface area (Å²) in [7, 11) is 0. The lowest BCUT2D eigenvalue weighted by Crippen LogP contribution is -2.24. The molecule has 0 aliphatic heterocycles. The summed E-state index contributed by atoms with van der Waals surface area (Å²) >= 11 is 1.41. The maximum Gasteiger partial charge on any atom is 0.230 e. The highest BCUT2D eigenvalue weighted by molar-refractivity contribution is 7.99. The summed E-state index contributed by atoms with van der Waals surface area (Å²) < 4.78 is 2.04. The summed E-state index contributed by atoms with van der Waals surface area (Å²) in [4.78, 5) is 12.2. The van der Waals surface area contributed by atoms with Gasteiger partial charge in [-0.25, -0.2) is 0 Å². The number of aromatic nitrogens is 3. The Balaban J connectivity index is 1.55. The second-order valence-corrected chi connectivity index (χ2v) is 7.10. The molecule has 1 heterocycles. The van der Waals surface area contributed by atoms with E-state index in [2.05, 4.69) is 33.7 Å². The van der Waals surface area contributed by atoms with Gasteiger partial charge in [0.2, 0.25) is 5.91 Å². The van der Waals surface area contributed by atoms with Crippen LogP contribution in [0.15, 0.2) is 59.8 Å². The van der Waals surface area contributed by atoms with Crippen molar-refractivity contribution in [2.45, 2.75) is 32.1 Å². The minimum atomic E-state index is -0.0107. The van der Waals surface area contributed by atoms with Crippen molar-refractivity contribution in [1.29, 1.82) is 0 Å². The van der Waals surface area contributed by atoms with Crippen molar-refractivity contribution >= 4 is 17.7 Å². The Labute approximate surface area is 157 Å². The molecule has 5 nitrogen and oxygen atoms in total. The van der Waals surface area contributed by atoms with Gasteiger partial charge in [-0.3, -0.25) is 4.79 Å². The summed E-state index contributed by atoms with van der Waals surface area (Å²) in [5.41, 5.74) is 3.48. The third-order valence-electron chi connectivity index (χ3n) is 3.99. The van der Waals surface area contributed by atoms with Crippen LogP contribution in [-0.2, 0) is 17.9 Å². The zero-order chi connectivity index (χ0) is 18.4. The molecule has 0 bridgehead atoms. The van der Waals surface area contributed by atoms with Gasteiger partial charge in [0.05, 0.1) is 12.3 Å². The second-order valence-electron chi connectivity index (χ2n) is 6.16. The first-order chi connectivity index (χ1) is 12.6. The van der Waals surface area contributed by atoms with Crippen LogP contribution in [0.5, 0.6) is 0 Å². The van der Waals surface area contributed by atoms with E-state index in [1.165, 1.54) is 22.9 Å². The van der Waals surface area contributed by atoms with Gasteiger partial charge in [-0.15, -0.1) is 10.2 Å². The fourth-order valence-electron chi connectivity index (χ4n) is 2.62. The molecule has 0 aliphatic carbocycles. The summed E-state index contributed by atoms with van der Waals surface area (Å²) in [6.45, 7) is 5.21. The minimum absolute atomic E-state index is 0.0107.